The van der Waals surface area contributed by atoms with E-state index in [1.54, 1.807) is 24.4 Å². The minimum Gasteiger partial charge on any atom is -0.505 e. The van der Waals surface area contributed by atoms with Gasteiger partial charge in [-0.05, 0) is 30.9 Å². The molecule has 0 bridgehead atoms. The summed E-state index contributed by atoms with van der Waals surface area (Å²) in [5.41, 5.74) is 2.90. The zero-order valence-corrected chi connectivity index (χ0v) is 11.4. The van der Waals surface area contributed by atoms with Crippen molar-refractivity contribution in [1.29, 1.82) is 0 Å². The maximum atomic E-state index is 14.5. The Labute approximate surface area is 121 Å². The average molecular weight is 283 g/mol. The number of halogens is 1. The van der Waals surface area contributed by atoms with E-state index in [0.29, 0.717) is 17.7 Å². The molecule has 1 aromatic heterocycles. The van der Waals surface area contributed by atoms with Crippen LogP contribution in [0.2, 0.25) is 0 Å². The summed E-state index contributed by atoms with van der Waals surface area (Å²) in [5.74, 6) is -0.581. The molecule has 0 spiro atoms. The lowest BCUT2D eigenvalue weighted by molar-refractivity contribution is 0.378. The van der Waals surface area contributed by atoms with Crippen LogP contribution in [-0.4, -0.2) is 21.5 Å². The summed E-state index contributed by atoms with van der Waals surface area (Å²) in [6.45, 7) is 0. The van der Waals surface area contributed by atoms with Gasteiger partial charge in [-0.1, -0.05) is 12.5 Å². The van der Waals surface area contributed by atoms with Crippen LogP contribution in [0.4, 0.5) is 10.1 Å². The number of aromatic hydroxyl groups is 1. The van der Waals surface area contributed by atoms with E-state index in [4.69, 9.17) is 0 Å². The van der Waals surface area contributed by atoms with Crippen LogP contribution in [-0.2, 0) is 6.42 Å². The number of aromatic nitrogens is 2. The summed E-state index contributed by atoms with van der Waals surface area (Å²) in [4.78, 5) is 4.19. The van der Waals surface area contributed by atoms with E-state index in [2.05, 4.69) is 15.2 Å². The summed E-state index contributed by atoms with van der Waals surface area (Å²) in [7, 11) is 0. The number of hydrogen-bond acceptors (Lipinski definition) is 4. The summed E-state index contributed by atoms with van der Waals surface area (Å²) >= 11 is 0. The molecule has 1 fully saturated rings. The molecule has 2 aromatic rings. The molecule has 2 heterocycles. The van der Waals surface area contributed by atoms with Crippen LogP contribution in [0.3, 0.4) is 0 Å². The Hall–Kier alpha value is -2.30. The first kappa shape index (κ1) is 12.4. The minimum absolute atomic E-state index is 0.247. The number of nitrogens with zero attached hydrogens (tertiary/aromatic N) is 3. The summed E-state index contributed by atoms with van der Waals surface area (Å²) < 4.78 is 14.5. The molecule has 0 radical (unpaired) electrons. The minimum atomic E-state index is -0.615. The maximum absolute atomic E-state index is 14.5. The lowest BCUT2D eigenvalue weighted by Gasteiger charge is -2.26. The van der Waals surface area contributed by atoms with E-state index in [1.807, 2.05) is 0 Å². The fourth-order valence-electron chi connectivity index (χ4n) is 2.85. The van der Waals surface area contributed by atoms with Gasteiger partial charge in [-0.3, -0.25) is 4.99 Å². The van der Waals surface area contributed by atoms with Crippen LogP contribution in [0.5, 0.6) is 5.75 Å². The van der Waals surface area contributed by atoms with Crippen molar-refractivity contribution in [2.45, 2.75) is 31.6 Å². The molecule has 106 valence electrons. The number of phenols is 1. The topological polar surface area (TPSA) is 58.4 Å². The van der Waals surface area contributed by atoms with Crippen molar-refractivity contribution in [3.8, 4) is 17.0 Å². The molecule has 0 amide bonds. The van der Waals surface area contributed by atoms with E-state index in [-0.39, 0.29) is 17.2 Å². The van der Waals surface area contributed by atoms with E-state index in [9.17, 15) is 9.50 Å². The molecule has 0 saturated heterocycles. The first-order valence-electron chi connectivity index (χ1n) is 7.15. The van der Waals surface area contributed by atoms with Crippen LogP contribution in [0.15, 0.2) is 23.2 Å². The monoisotopic (exact) mass is 283 g/mol. The van der Waals surface area contributed by atoms with Crippen molar-refractivity contribution in [3.63, 3.8) is 0 Å². The zero-order valence-electron chi connectivity index (χ0n) is 11.4. The fourth-order valence-corrected chi connectivity index (χ4v) is 2.85. The second-order valence-electron chi connectivity index (χ2n) is 5.57. The molecule has 0 atom stereocenters. The molecule has 0 unspecified atom stereocenters. The summed E-state index contributed by atoms with van der Waals surface area (Å²) in [5, 5.41) is 18.2. The smallest absolute Gasteiger partial charge is 0.174 e. The van der Waals surface area contributed by atoms with Crippen LogP contribution < -0.4 is 0 Å². The first-order chi connectivity index (χ1) is 10.2. The van der Waals surface area contributed by atoms with Crippen LogP contribution in [0, 0.1) is 5.82 Å². The predicted molar refractivity (Wildman–Crippen MR) is 77.5 cm³/mol. The van der Waals surface area contributed by atoms with Crippen LogP contribution in [0.1, 0.15) is 36.4 Å². The Bertz CT molecular complexity index is 753. The van der Waals surface area contributed by atoms with Gasteiger partial charge in [0.05, 0.1) is 17.1 Å². The molecule has 2 aliphatic rings. The van der Waals surface area contributed by atoms with Crippen molar-refractivity contribution in [3.05, 3.63) is 35.3 Å². The highest BCUT2D eigenvalue weighted by Gasteiger charge is 2.25. The third kappa shape index (κ3) is 1.92. The molecule has 21 heavy (non-hydrogen) atoms. The summed E-state index contributed by atoms with van der Waals surface area (Å²) in [6.07, 6.45) is 5.59. The van der Waals surface area contributed by atoms with Gasteiger partial charge in [0.1, 0.15) is 0 Å². The maximum Gasteiger partial charge on any atom is 0.174 e. The molecular formula is C16H14FN3O. The summed E-state index contributed by atoms with van der Waals surface area (Å²) in [6, 6.07) is 5.19. The van der Waals surface area contributed by atoms with E-state index in [1.165, 1.54) is 0 Å². The van der Waals surface area contributed by atoms with Crippen molar-refractivity contribution >= 4 is 11.9 Å². The Balaban J connectivity index is 1.78. The molecule has 1 N–H and O–H groups in total. The Morgan fingerprint density at radius 3 is 2.81 bits per heavy atom. The van der Waals surface area contributed by atoms with E-state index in [0.717, 1.165) is 30.6 Å². The lowest BCUT2D eigenvalue weighted by Crippen LogP contribution is -2.09. The molecular weight excluding hydrogens is 269 g/mol. The predicted octanol–water partition coefficient (Wildman–Crippen LogP) is 3.51. The third-order valence-corrected chi connectivity index (χ3v) is 4.33. The van der Waals surface area contributed by atoms with Gasteiger partial charge in [-0.25, -0.2) is 4.39 Å². The van der Waals surface area contributed by atoms with Gasteiger partial charge in [0.25, 0.3) is 0 Å². The highest BCUT2D eigenvalue weighted by atomic mass is 19.1. The zero-order chi connectivity index (χ0) is 14.4. The van der Waals surface area contributed by atoms with Gasteiger partial charge in [0.15, 0.2) is 11.6 Å². The molecule has 1 saturated carbocycles. The number of fused-ring (bicyclic) bond motifs is 1. The average Bonchev–Trinajstić information content (AvgIpc) is 2.89. The fraction of sp³-hybridized carbons (Fsp3) is 0.312. The van der Waals surface area contributed by atoms with E-state index >= 15 is 0 Å². The van der Waals surface area contributed by atoms with Gasteiger partial charge < -0.3 is 5.11 Å². The Morgan fingerprint density at radius 2 is 2.05 bits per heavy atom. The van der Waals surface area contributed by atoms with Gasteiger partial charge in [0.2, 0.25) is 0 Å². The normalized spacial score (nSPS) is 16.8. The van der Waals surface area contributed by atoms with Crippen molar-refractivity contribution in [2.75, 3.05) is 0 Å². The lowest BCUT2D eigenvalue weighted by atomic mass is 9.79. The second-order valence-corrected chi connectivity index (χ2v) is 5.57. The van der Waals surface area contributed by atoms with Crippen LogP contribution >= 0.6 is 0 Å². The Morgan fingerprint density at radius 1 is 1.19 bits per heavy atom. The van der Waals surface area contributed by atoms with Crippen molar-refractivity contribution < 1.29 is 9.50 Å². The number of benzene rings is 1. The highest BCUT2D eigenvalue weighted by molar-refractivity contribution is 5.76. The van der Waals surface area contributed by atoms with Gasteiger partial charge in [-0.15, -0.1) is 5.10 Å². The van der Waals surface area contributed by atoms with E-state index < -0.39 is 5.82 Å². The van der Waals surface area contributed by atoms with Crippen LogP contribution in [0.25, 0.3) is 11.3 Å². The SMILES string of the molecule is Oc1c(C2CCC2)ccc(-c2cc3c(nn2)CC=N3)c1F. The van der Waals surface area contributed by atoms with Gasteiger partial charge in [0, 0.05) is 23.8 Å². The van der Waals surface area contributed by atoms with Crippen molar-refractivity contribution in [2.24, 2.45) is 4.99 Å². The van der Waals surface area contributed by atoms with Gasteiger partial charge >= 0.3 is 0 Å². The molecule has 4 rings (SSSR count). The molecule has 1 aliphatic heterocycles. The molecule has 5 heteroatoms. The standard InChI is InChI=1S/C16H14FN3O/c17-15-11(5-4-10(16(15)21)9-2-1-3-9)13-8-14-12(19-20-13)6-7-18-14/h4-5,7-9,21H,1-3,6H2. The largest absolute Gasteiger partial charge is 0.505 e. The number of phenolic OH excluding ortho intramolecular Hbond substituents is 1. The van der Waals surface area contributed by atoms with Crippen molar-refractivity contribution in [1.82, 2.24) is 10.2 Å². The first-order valence-corrected chi connectivity index (χ1v) is 7.15. The Kier molecular flexibility index (Phi) is 2.74. The highest BCUT2D eigenvalue weighted by Crippen LogP contribution is 2.43. The molecule has 4 nitrogen and oxygen atoms in total. The van der Waals surface area contributed by atoms with Gasteiger partial charge in [-0.2, -0.15) is 5.10 Å². The molecule has 1 aromatic carbocycles. The third-order valence-electron chi connectivity index (χ3n) is 4.33. The number of hydrogen-bond donors (Lipinski definition) is 1. The second kappa shape index (κ2) is 4.62. The molecule has 1 aliphatic carbocycles. The number of rotatable bonds is 2. The number of aliphatic imine (C=N–C) groups is 1. The quantitative estimate of drug-likeness (QED) is 0.917.